The van der Waals surface area contributed by atoms with Crippen molar-refractivity contribution in [1.29, 1.82) is 0 Å². The predicted molar refractivity (Wildman–Crippen MR) is 165 cm³/mol. The minimum atomic E-state index is -4.09. The van der Waals surface area contributed by atoms with E-state index in [1.807, 2.05) is 0 Å². The van der Waals surface area contributed by atoms with Gasteiger partial charge in [-0.15, -0.1) is 0 Å². The summed E-state index contributed by atoms with van der Waals surface area (Å²) in [7, 11) is -2.55. The number of rotatable bonds is 5. The Balaban J connectivity index is 1.57. The first-order chi connectivity index (χ1) is 21.2. The second-order valence-electron chi connectivity index (χ2n) is 15.0. The molecule has 0 spiro atoms. The van der Waals surface area contributed by atoms with Crippen LogP contribution in [-0.4, -0.2) is 57.0 Å². The SMILES string of the molecule is COc1ccc(S(=O)(=O)[C@@H]2[C@H]3[C@@H]([C@H](OC(C)=O)C[C@@H]4C[C@H](OC(C)=O)CC[C@@]43C)[C@@H]3CC[C@@H]4[C@H](C)CCC(=O)O[C@@H]2[C@]43C)cc1. The third kappa shape index (κ3) is 5.17. The Morgan fingerprint density at radius 1 is 0.933 bits per heavy atom. The second-order valence-corrected chi connectivity index (χ2v) is 17.1. The van der Waals surface area contributed by atoms with Gasteiger partial charge >= 0.3 is 17.9 Å². The third-order valence-electron chi connectivity index (χ3n) is 12.9. The Kier molecular flexibility index (Phi) is 8.31. The van der Waals surface area contributed by atoms with Crippen molar-refractivity contribution in [2.45, 2.75) is 114 Å². The maximum absolute atomic E-state index is 15.2. The minimum absolute atomic E-state index is 0.0153. The number of carbonyl (C=O) groups excluding carboxylic acids is 3. The molecular weight excluding hydrogens is 596 g/mol. The van der Waals surface area contributed by atoms with Gasteiger partial charge in [-0.05, 0) is 104 Å². The number of hydrogen-bond acceptors (Lipinski definition) is 9. The molecule has 248 valence electrons. The zero-order chi connectivity index (χ0) is 32.5. The number of esters is 3. The van der Waals surface area contributed by atoms with Crippen molar-refractivity contribution in [3.05, 3.63) is 24.3 Å². The zero-order valence-electron chi connectivity index (χ0n) is 27.3. The summed E-state index contributed by atoms with van der Waals surface area (Å²) in [5.41, 5.74) is -1.10. The number of carbonyl (C=O) groups is 3. The molecule has 1 aromatic rings. The Morgan fingerprint density at radius 3 is 2.24 bits per heavy atom. The number of methoxy groups -OCH3 is 1. The molecule has 1 saturated heterocycles. The fourth-order valence-corrected chi connectivity index (χ4v) is 13.4. The lowest BCUT2D eigenvalue weighted by atomic mass is 9.42. The lowest BCUT2D eigenvalue weighted by Gasteiger charge is -2.66. The van der Waals surface area contributed by atoms with Crippen molar-refractivity contribution in [2.24, 2.45) is 46.3 Å². The van der Waals surface area contributed by atoms with Crippen LogP contribution in [0.2, 0.25) is 0 Å². The summed E-state index contributed by atoms with van der Waals surface area (Å²) < 4.78 is 54.0. The van der Waals surface area contributed by atoms with Gasteiger partial charge < -0.3 is 18.9 Å². The summed E-state index contributed by atoms with van der Waals surface area (Å²) in [5.74, 6) is -0.858. The molecule has 6 rings (SSSR count). The molecule has 12 atom stereocenters. The van der Waals surface area contributed by atoms with Crippen LogP contribution in [0.5, 0.6) is 5.75 Å². The molecule has 5 aliphatic rings. The molecule has 1 heterocycles. The van der Waals surface area contributed by atoms with Gasteiger partial charge in [0.2, 0.25) is 0 Å². The second kappa shape index (κ2) is 11.6. The van der Waals surface area contributed by atoms with Gasteiger partial charge in [-0.3, -0.25) is 14.4 Å². The molecule has 1 aromatic carbocycles. The summed E-state index contributed by atoms with van der Waals surface area (Å²) >= 11 is 0. The molecular formula is C35H48O9S. The quantitative estimate of drug-likeness (QED) is 0.301. The van der Waals surface area contributed by atoms with E-state index in [0.29, 0.717) is 37.9 Å². The Labute approximate surface area is 267 Å². The van der Waals surface area contributed by atoms with Crippen molar-refractivity contribution in [2.75, 3.05) is 7.11 Å². The molecule has 0 unspecified atom stereocenters. The van der Waals surface area contributed by atoms with E-state index in [1.54, 1.807) is 24.3 Å². The van der Waals surface area contributed by atoms with E-state index < -0.39 is 44.0 Å². The standard InChI is InChI=1S/C35H48O9S/c1-19-7-14-29(38)44-33-32(45(39,40)25-10-8-23(41-6)9-11-25)31-30(27-13-12-26(19)35(27,33)5)28(43-21(3)37)18-22-17-24(42-20(2)36)15-16-34(22,31)4/h8-11,19,22,24,26-28,30-33H,7,12-18H2,1-6H3/t19-,22+,24-,26-,27+,28-,30-,31-,32-,33+,34+,35-/m1/s1. The molecule has 0 bridgehead atoms. The highest BCUT2D eigenvalue weighted by Gasteiger charge is 2.73. The molecule has 0 amide bonds. The molecule has 10 heteroatoms. The van der Waals surface area contributed by atoms with Gasteiger partial charge in [0.15, 0.2) is 9.84 Å². The molecule has 4 saturated carbocycles. The Bertz CT molecular complexity index is 1440. The maximum atomic E-state index is 15.2. The molecule has 4 aliphatic carbocycles. The number of ether oxygens (including phenoxy) is 4. The highest BCUT2D eigenvalue weighted by molar-refractivity contribution is 7.92. The number of fused-ring (bicyclic) bond motifs is 4. The lowest BCUT2D eigenvalue weighted by molar-refractivity contribution is -0.225. The van der Waals surface area contributed by atoms with Gasteiger partial charge in [-0.2, -0.15) is 0 Å². The van der Waals surface area contributed by atoms with E-state index in [4.69, 9.17) is 18.9 Å². The third-order valence-corrected chi connectivity index (χ3v) is 15.1. The van der Waals surface area contributed by atoms with Crippen molar-refractivity contribution < 1.29 is 41.7 Å². The van der Waals surface area contributed by atoms with Crippen molar-refractivity contribution in [1.82, 2.24) is 0 Å². The van der Waals surface area contributed by atoms with E-state index >= 15 is 8.42 Å². The largest absolute Gasteiger partial charge is 0.497 e. The van der Waals surface area contributed by atoms with Gasteiger partial charge in [0.1, 0.15) is 29.3 Å². The van der Waals surface area contributed by atoms with Crippen LogP contribution < -0.4 is 4.74 Å². The Morgan fingerprint density at radius 2 is 1.60 bits per heavy atom. The minimum Gasteiger partial charge on any atom is -0.497 e. The number of benzene rings is 1. The fraction of sp³-hybridized carbons (Fsp3) is 0.743. The molecule has 45 heavy (non-hydrogen) atoms. The van der Waals surface area contributed by atoms with Gasteiger partial charge in [-0.25, -0.2) is 8.42 Å². The van der Waals surface area contributed by atoms with Gasteiger partial charge in [0.25, 0.3) is 0 Å². The van der Waals surface area contributed by atoms with Crippen molar-refractivity contribution in [3.8, 4) is 5.75 Å². The summed E-state index contributed by atoms with van der Waals surface area (Å²) in [6.07, 6.45) is 3.55. The average molecular weight is 645 g/mol. The topological polar surface area (TPSA) is 122 Å². The summed E-state index contributed by atoms with van der Waals surface area (Å²) in [4.78, 5) is 38.2. The lowest BCUT2D eigenvalue weighted by Crippen LogP contribution is -2.70. The van der Waals surface area contributed by atoms with Gasteiger partial charge in [-0.1, -0.05) is 20.8 Å². The normalized spacial score (nSPS) is 42.5. The van der Waals surface area contributed by atoms with Crippen LogP contribution in [0.4, 0.5) is 0 Å². The van der Waals surface area contributed by atoms with Crippen LogP contribution in [-0.2, 0) is 38.4 Å². The van der Waals surface area contributed by atoms with Gasteiger partial charge in [0, 0.05) is 31.6 Å². The number of hydrogen-bond donors (Lipinski definition) is 0. The first-order valence-electron chi connectivity index (χ1n) is 16.6. The molecule has 5 fully saturated rings. The van der Waals surface area contributed by atoms with E-state index in [0.717, 1.165) is 12.8 Å². The predicted octanol–water partition coefficient (Wildman–Crippen LogP) is 5.53. The van der Waals surface area contributed by atoms with Crippen LogP contribution in [0.1, 0.15) is 86.0 Å². The molecule has 0 aromatic heterocycles. The fourth-order valence-electron chi connectivity index (χ4n) is 11.0. The van der Waals surface area contributed by atoms with E-state index in [-0.39, 0.29) is 64.9 Å². The van der Waals surface area contributed by atoms with Crippen LogP contribution in [0.3, 0.4) is 0 Å². The monoisotopic (exact) mass is 644 g/mol. The summed E-state index contributed by atoms with van der Waals surface area (Å²) in [6.45, 7) is 9.35. The molecule has 0 radical (unpaired) electrons. The van der Waals surface area contributed by atoms with Crippen LogP contribution >= 0.6 is 0 Å². The first-order valence-corrected chi connectivity index (χ1v) is 18.2. The Hall–Kier alpha value is -2.62. The van der Waals surface area contributed by atoms with E-state index in [2.05, 4.69) is 20.8 Å². The maximum Gasteiger partial charge on any atom is 0.306 e. The van der Waals surface area contributed by atoms with Crippen molar-refractivity contribution in [3.63, 3.8) is 0 Å². The molecule has 0 N–H and O–H groups in total. The summed E-state index contributed by atoms with van der Waals surface area (Å²) in [5, 5.41) is -1.04. The van der Waals surface area contributed by atoms with Crippen molar-refractivity contribution >= 4 is 27.7 Å². The molecule has 1 aliphatic heterocycles. The van der Waals surface area contributed by atoms with Gasteiger partial charge in [0.05, 0.1) is 12.0 Å². The van der Waals surface area contributed by atoms with Crippen LogP contribution in [0, 0.1) is 46.3 Å². The molecule has 9 nitrogen and oxygen atoms in total. The van der Waals surface area contributed by atoms with E-state index in [1.165, 1.54) is 21.0 Å². The smallest absolute Gasteiger partial charge is 0.306 e. The van der Waals surface area contributed by atoms with Crippen LogP contribution in [0.25, 0.3) is 0 Å². The highest BCUT2D eigenvalue weighted by atomic mass is 32.2. The summed E-state index contributed by atoms with van der Waals surface area (Å²) in [6, 6.07) is 6.47. The van der Waals surface area contributed by atoms with E-state index in [9.17, 15) is 14.4 Å². The first kappa shape index (κ1) is 32.3. The number of sulfone groups is 1. The highest BCUT2D eigenvalue weighted by Crippen LogP contribution is 2.71. The van der Waals surface area contributed by atoms with Crippen LogP contribution in [0.15, 0.2) is 29.2 Å². The zero-order valence-corrected chi connectivity index (χ0v) is 28.1. The average Bonchev–Trinajstić information content (AvgIpc) is 3.33.